The molecule has 0 heterocycles. The van der Waals surface area contributed by atoms with Gasteiger partial charge in [-0.2, -0.15) is 0 Å². The van der Waals surface area contributed by atoms with E-state index in [1.165, 1.54) is 0 Å². The number of alkyl halides is 1. The largest absolute Gasteiger partial charge is 0.378 e. The van der Waals surface area contributed by atoms with Crippen LogP contribution in [0.1, 0.15) is 33.6 Å². The van der Waals surface area contributed by atoms with Gasteiger partial charge in [0.15, 0.2) is 0 Å². The summed E-state index contributed by atoms with van der Waals surface area (Å²) in [5, 5.41) is 3.14. The van der Waals surface area contributed by atoms with E-state index < -0.39 is 6.67 Å². The lowest BCUT2D eigenvalue weighted by atomic mass is 9.92. The number of carbonyl (C=O) groups is 2. The van der Waals surface area contributed by atoms with Gasteiger partial charge in [-0.25, -0.2) is 0 Å². The number of benzene rings is 1. The second-order valence-corrected chi connectivity index (χ2v) is 5.97. The van der Waals surface area contributed by atoms with Crippen LogP contribution in [0.15, 0.2) is 34.9 Å². The fourth-order valence-electron chi connectivity index (χ4n) is 2.19. The highest BCUT2D eigenvalue weighted by molar-refractivity contribution is 8.04. The number of thioether (sulfide) groups is 1. The molecular weight excluding hydrogens is 277 g/mol. The van der Waals surface area contributed by atoms with Gasteiger partial charge in [-0.1, -0.05) is 24.3 Å². The zero-order chi connectivity index (χ0) is 14.1. The van der Waals surface area contributed by atoms with Crippen molar-refractivity contribution in [1.29, 1.82) is 0 Å². The summed E-state index contributed by atoms with van der Waals surface area (Å²) in [6, 6.07) is 7.08. The molecule has 0 radical (unpaired) electrons. The highest BCUT2D eigenvalue weighted by atomic mass is 32.2. The summed E-state index contributed by atoms with van der Waals surface area (Å²) in [7, 11) is 0. The molecule has 2 aliphatic carbocycles. The first kappa shape index (κ1) is 13.4. The van der Waals surface area contributed by atoms with E-state index in [2.05, 4.69) is 5.32 Å². The molecule has 1 aromatic rings. The van der Waals surface area contributed by atoms with E-state index >= 15 is 0 Å². The third-order valence-electron chi connectivity index (χ3n) is 3.33. The molecule has 1 fully saturated rings. The Bertz CT molecular complexity index is 608. The van der Waals surface area contributed by atoms with E-state index in [0.29, 0.717) is 21.7 Å². The number of carbonyl (C=O) groups excluding carboxylic acids is 2. The van der Waals surface area contributed by atoms with Gasteiger partial charge in [0.05, 0.1) is 11.6 Å². The van der Waals surface area contributed by atoms with E-state index in [0.717, 1.165) is 24.6 Å². The summed E-state index contributed by atoms with van der Waals surface area (Å²) in [4.78, 5) is 25.4. The number of Topliss-reactive ketones (excluding diaryl/α,β-unsaturated/α-hetero) is 2. The molecular formula is C15H14FNO2S. The number of halogens is 1. The van der Waals surface area contributed by atoms with Crippen LogP contribution in [0.25, 0.3) is 0 Å². The molecule has 20 heavy (non-hydrogen) atoms. The Morgan fingerprint density at radius 2 is 1.80 bits per heavy atom. The molecule has 0 saturated heterocycles. The lowest BCUT2D eigenvalue weighted by Crippen LogP contribution is -2.31. The van der Waals surface area contributed by atoms with Gasteiger partial charge in [0.25, 0.3) is 0 Å². The number of hydrogen-bond acceptors (Lipinski definition) is 4. The predicted octanol–water partition coefficient (Wildman–Crippen LogP) is 2.73. The van der Waals surface area contributed by atoms with E-state index in [1.54, 1.807) is 24.3 Å². The van der Waals surface area contributed by atoms with Crippen LogP contribution in [0.2, 0.25) is 0 Å². The maximum absolute atomic E-state index is 12.5. The topological polar surface area (TPSA) is 46.2 Å². The van der Waals surface area contributed by atoms with Crippen molar-refractivity contribution < 1.29 is 14.0 Å². The van der Waals surface area contributed by atoms with Crippen LogP contribution < -0.4 is 5.32 Å². The van der Waals surface area contributed by atoms with Crippen molar-refractivity contribution in [3.05, 3.63) is 46.0 Å². The summed E-state index contributed by atoms with van der Waals surface area (Å²) in [5.41, 5.74) is 1.21. The number of allylic oxidation sites excluding steroid dienone is 2. The molecule has 0 aromatic heterocycles. The van der Waals surface area contributed by atoms with Crippen molar-refractivity contribution in [1.82, 2.24) is 5.32 Å². The Labute approximate surface area is 120 Å². The summed E-state index contributed by atoms with van der Waals surface area (Å²) in [6.45, 7) is -0.520. The monoisotopic (exact) mass is 291 g/mol. The van der Waals surface area contributed by atoms with Crippen LogP contribution in [-0.2, 0) is 0 Å². The summed E-state index contributed by atoms with van der Waals surface area (Å²) in [5.74, 6) is -0.151. The predicted molar refractivity (Wildman–Crippen MR) is 76.7 cm³/mol. The maximum atomic E-state index is 12.5. The number of nitrogens with one attached hydrogen (secondary N) is 1. The number of rotatable bonds is 5. The van der Waals surface area contributed by atoms with Crippen molar-refractivity contribution in [2.24, 2.45) is 0 Å². The van der Waals surface area contributed by atoms with E-state index in [9.17, 15) is 14.0 Å². The molecule has 0 amide bonds. The molecule has 0 unspecified atom stereocenters. The summed E-state index contributed by atoms with van der Waals surface area (Å²) < 4.78 is 12.4. The molecule has 1 saturated carbocycles. The average molecular weight is 291 g/mol. The van der Waals surface area contributed by atoms with Crippen LogP contribution >= 0.6 is 11.8 Å². The molecule has 0 bridgehead atoms. The van der Waals surface area contributed by atoms with E-state index in [1.807, 2.05) is 0 Å². The van der Waals surface area contributed by atoms with Gasteiger partial charge in [0, 0.05) is 22.9 Å². The van der Waals surface area contributed by atoms with Crippen molar-refractivity contribution in [2.75, 3.05) is 12.4 Å². The Morgan fingerprint density at radius 1 is 1.15 bits per heavy atom. The lowest BCUT2D eigenvalue weighted by molar-refractivity contribution is 0.0975. The van der Waals surface area contributed by atoms with Gasteiger partial charge in [0.1, 0.15) is 5.70 Å². The zero-order valence-electron chi connectivity index (χ0n) is 10.8. The van der Waals surface area contributed by atoms with Crippen molar-refractivity contribution in [3.8, 4) is 0 Å². The second-order valence-electron chi connectivity index (χ2n) is 4.86. The van der Waals surface area contributed by atoms with Crippen molar-refractivity contribution >= 4 is 23.3 Å². The zero-order valence-corrected chi connectivity index (χ0v) is 11.6. The first-order valence-corrected chi connectivity index (χ1v) is 7.59. The van der Waals surface area contributed by atoms with Gasteiger partial charge in [0.2, 0.25) is 11.6 Å². The van der Waals surface area contributed by atoms with Crippen LogP contribution in [0.4, 0.5) is 4.39 Å². The minimum atomic E-state index is -0.520. The number of fused-ring (bicyclic) bond motifs is 1. The SMILES string of the molecule is O=C1C(NC2CC2)=C(SCCF)C(=O)c2ccccc21. The minimum absolute atomic E-state index is 0.159. The molecule has 3 rings (SSSR count). The molecule has 3 nitrogen and oxygen atoms in total. The van der Waals surface area contributed by atoms with E-state index in [4.69, 9.17) is 0 Å². The van der Waals surface area contributed by atoms with Crippen molar-refractivity contribution in [2.45, 2.75) is 18.9 Å². The quantitative estimate of drug-likeness (QED) is 0.906. The highest BCUT2D eigenvalue weighted by Crippen LogP contribution is 2.33. The fourth-order valence-corrected chi connectivity index (χ4v) is 3.01. The third-order valence-corrected chi connectivity index (χ3v) is 4.36. The van der Waals surface area contributed by atoms with Gasteiger partial charge in [-0.3, -0.25) is 14.0 Å². The van der Waals surface area contributed by atoms with Crippen LogP contribution in [0.5, 0.6) is 0 Å². The first-order chi connectivity index (χ1) is 9.72. The molecule has 1 N–H and O–H groups in total. The molecule has 0 atom stereocenters. The molecule has 2 aliphatic rings. The summed E-state index contributed by atoms with van der Waals surface area (Å²) >= 11 is 1.12. The first-order valence-electron chi connectivity index (χ1n) is 6.60. The Morgan fingerprint density at radius 3 is 2.40 bits per heavy atom. The van der Waals surface area contributed by atoms with Crippen LogP contribution in [0, 0.1) is 0 Å². The molecule has 0 aliphatic heterocycles. The highest BCUT2D eigenvalue weighted by Gasteiger charge is 2.35. The van der Waals surface area contributed by atoms with Crippen molar-refractivity contribution in [3.63, 3.8) is 0 Å². The Kier molecular flexibility index (Phi) is 3.61. The van der Waals surface area contributed by atoms with Crippen LogP contribution in [0.3, 0.4) is 0 Å². The average Bonchev–Trinajstić information content (AvgIpc) is 3.28. The minimum Gasteiger partial charge on any atom is -0.378 e. The van der Waals surface area contributed by atoms with Gasteiger partial charge in [-0.15, -0.1) is 11.8 Å². The Hall–Kier alpha value is -1.62. The number of ketones is 2. The van der Waals surface area contributed by atoms with Crippen LogP contribution in [-0.4, -0.2) is 30.0 Å². The maximum Gasteiger partial charge on any atom is 0.210 e. The standard InChI is InChI=1S/C15H14FNO2S/c16-7-8-20-15-12(17-9-5-6-9)13(18)10-3-1-2-4-11(10)14(15)19/h1-4,9,17H,5-8H2. The lowest BCUT2D eigenvalue weighted by Gasteiger charge is -2.21. The number of hydrogen-bond donors (Lipinski definition) is 1. The Balaban J connectivity index is 2.02. The van der Waals surface area contributed by atoms with Gasteiger partial charge < -0.3 is 5.32 Å². The molecule has 1 aromatic carbocycles. The smallest absolute Gasteiger partial charge is 0.210 e. The molecule has 104 valence electrons. The van der Waals surface area contributed by atoms with E-state index in [-0.39, 0.29) is 23.4 Å². The van der Waals surface area contributed by atoms with Gasteiger partial charge >= 0.3 is 0 Å². The summed E-state index contributed by atoms with van der Waals surface area (Å²) in [6.07, 6.45) is 2.02. The molecule has 5 heteroatoms. The normalized spacial score (nSPS) is 18.2. The third kappa shape index (κ3) is 2.38. The second kappa shape index (κ2) is 5.40. The molecule has 0 spiro atoms. The van der Waals surface area contributed by atoms with Gasteiger partial charge in [-0.05, 0) is 12.8 Å². The fraction of sp³-hybridized carbons (Fsp3) is 0.333.